The van der Waals surface area contributed by atoms with E-state index in [4.69, 9.17) is 4.74 Å². The second kappa shape index (κ2) is 9.85. The average molecular weight is 466 g/mol. The summed E-state index contributed by atoms with van der Waals surface area (Å²) >= 11 is 0. The summed E-state index contributed by atoms with van der Waals surface area (Å²) in [5.74, 6) is -5.62. The number of benzene rings is 1. The van der Waals surface area contributed by atoms with Crippen molar-refractivity contribution in [3.8, 4) is 5.75 Å². The van der Waals surface area contributed by atoms with Gasteiger partial charge in [0.1, 0.15) is 5.75 Å². The molecule has 32 heavy (non-hydrogen) atoms. The fourth-order valence-electron chi connectivity index (χ4n) is 4.09. The van der Waals surface area contributed by atoms with Gasteiger partial charge in [0.25, 0.3) is 0 Å². The molecule has 2 atom stereocenters. The highest BCUT2D eigenvalue weighted by Crippen LogP contribution is 2.40. The van der Waals surface area contributed by atoms with Crippen molar-refractivity contribution < 1.29 is 40.2 Å². The van der Waals surface area contributed by atoms with Gasteiger partial charge in [-0.15, -0.1) is 0 Å². The predicted molar refractivity (Wildman–Crippen MR) is 104 cm³/mol. The van der Waals surface area contributed by atoms with Gasteiger partial charge in [-0.1, -0.05) is 31.9 Å². The molecule has 1 aromatic rings. The minimum absolute atomic E-state index is 0.0753. The lowest BCUT2D eigenvalue weighted by Crippen LogP contribution is -2.35. The summed E-state index contributed by atoms with van der Waals surface area (Å²) in [6.45, 7) is 2.05. The summed E-state index contributed by atoms with van der Waals surface area (Å²) in [5.41, 5.74) is -0.598. The number of alkyl halides is 4. The lowest BCUT2D eigenvalue weighted by Gasteiger charge is -2.32. The van der Waals surface area contributed by atoms with Crippen LogP contribution in [0.5, 0.6) is 5.75 Å². The van der Waals surface area contributed by atoms with E-state index in [1.54, 1.807) is 0 Å². The molecule has 0 bridgehead atoms. The van der Waals surface area contributed by atoms with Gasteiger partial charge in [0.2, 0.25) is 0 Å². The molecule has 0 spiro atoms. The highest BCUT2D eigenvalue weighted by Gasteiger charge is 2.43. The Bertz CT molecular complexity index is 856. The Morgan fingerprint density at radius 1 is 0.875 bits per heavy atom. The molecule has 9 heteroatoms. The van der Waals surface area contributed by atoms with Gasteiger partial charge in [0, 0.05) is 23.3 Å². The molecule has 0 heterocycles. The molecule has 2 nitrogen and oxygen atoms in total. The fraction of sp³-hybridized carbons (Fsp3) is 0.565. The second-order valence-corrected chi connectivity index (χ2v) is 8.24. The van der Waals surface area contributed by atoms with Gasteiger partial charge in [-0.3, -0.25) is 0 Å². The third-order valence-corrected chi connectivity index (χ3v) is 5.84. The summed E-state index contributed by atoms with van der Waals surface area (Å²) < 4.78 is 107. The summed E-state index contributed by atoms with van der Waals surface area (Å²) in [5, 5.41) is 0. The fourth-order valence-corrected chi connectivity index (χ4v) is 4.09. The van der Waals surface area contributed by atoms with Crippen LogP contribution in [0.15, 0.2) is 35.4 Å². The Morgan fingerprint density at radius 3 is 2.00 bits per heavy atom. The highest BCUT2D eigenvalue weighted by atomic mass is 19.3. The van der Waals surface area contributed by atoms with Crippen molar-refractivity contribution in [2.24, 2.45) is 5.92 Å². The molecule has 0 fully saturated rings. The molecular formula is C23H25F7O2. The molecule has 0 radical (unpaired) electrons. The molecule has 0 aromatic heterocycles. The number of hydrogen-bond acceptors (Lipinski definition) is 2. The number of rotatable bonds is 8. The van der Waals surface area contributed by atoms with Crippen molar-refractivity contribution in [3.63, 3.8) is 0 Å². The topological polar surface area (TPSA) is 18.5 Å². The normalized spacial score (nSPS) is 22.4. The van der Waals surface area contributed by atoms with Crippen LogP contribution in [0.4, 0.5) is 30.7 Å². The van der Waals surface area contributed by atoms with Crippen molar-refractivity contribution >= 4 is 0 Å². The Kier molecular flexibility index (Phi) is 7.57. The zero-order valence-electron chi connectivity index (χ0n) is 17.6. The maximum Gasteiger partial charge on any atom is 0.422 e. The van der Waals surface area contributed by atoms with E-state index in [0.717, 1.165) is 18.9 Å². The first-order valence-electron chi connectivity index (χ1n) is 10.7. The quantitative estimate of drug-likeness (QED) is 0.222. The molecule has 3 rings (SSSR count). The van der Waals surface area contributed by atoms with Crippen molar-refractivity contribution in [1.29, 1.82) is 0 Å². The van der Waals surface area contributed by atoms with Crippen LogP contribution in [-0.2, 0) is 4.74 Å². The van der Waals surface area contributed by atoms with Gasteiger partial charge in [-0.05, 0) is 44.4 Å². The van der Waals surface area contributed by atoms with E-state index < -0.39 is 47.1 Å². The van der Waals surface area contributed by atoms with Crippen LogP contribution < -0.4 is 4.74 Å². The molecule has 0 N–H and O–H groups in total. The first-order valence-corrected chi connectivity index (χ1v) is 10.7. The Hall–Kier alpha value is -2.03. The smallest absolute Gasteiger partial charge is 0.422 e. The van der Waals surface area contributed by atoms with Gasteiger partial charge < -0.3 is 9.47 Å². The monoisotopic (exact) mass is 466 g/mol. The SMILES string of the molecule is CCCC1CC=C(C(F)(F)OC2CC=C(C(F)(F)Oc3cc(F)c(F)c(F)c3)CC2)CC1. The molecule has 0 amide bonds. The van der Waals surface area contributed by atoms with E-state index in [2.05, 4.69) is 4.74 Å². The van der Waals surface area contributed by atoms with Gasteiger partial charge >= 0.3 is 12.2 Å². The first-order chi connectivity index (χ1) is 15.0. The molecule has 1 aromatic carbocycles. The van der Waals surface area contributed by atoms with Crippen molar-refractivity contribution in [3.05, 3.63) is 52.9 Å². The van der Waals surface area contributed by atoms with Gasteiger partial charge in [0.15, 0.2) is 17.5 Å². The van der Waals surface area contributed by atoms with Gasteiger partial charge in [0.05, 0.1) is 6.10 Å². The molecule has 0 saturated carbocycles. The van der Waals surface area contributed by atoms with Gasteiger partial charge in [-0.25, -0.2) is 13.2 Å². The molecule has 0 aliphatic heterocycles. The average Bonchev–Trinajstić information content (AvgIpc) is 2.72. The van der Waals surface area contributed by atoms with Crippen LogP contribution in [0.25, 0.3) is 0 Å². The van der Waals surface area contributed by atoms with E-state index in [0.29, 0.717) is 30.9 Å². The van der Waals surface area contributed by atoms with Crippen LogP contribution in [0.3, 0.4) is 0 Å². The highest BCUT2D eigenvalue weighted by molar-refractivity contribution is 5.27. The maximum atomic E-state index is 14.5. The Morgan fingerprint density at radius 2 is 1.47 bits per heavy atom. The third kappa shape index (κ3) is 5.85. The standard InChI is InChI=1S/C23H25F7O2/c1-2-3-14-4-6-15(7-5-14)22(27,28)31-17-10-8-16(9-11-17)23(29,30)32-18-12-19(24)21(26)20(25)13-18/h6,8,12-14,17H,2-5,7,9-11H2,1H3. The Balaban J connectivity index is 1.60. The van der Waals surface area contributed by atoms with Crippen LogP contribution >= 0.6 is 0 Å². The van der Waals surface area contributed by atoms with E-state index in [9.17, 15) is 30.7 Å². The van der Waals surface area contributed by atoms with Crippen molar-refractivity contribution in [2.75, 3.05) is 0 Å². The van der Waals surface area contributed by atoms with Crippen LogP contribution in [0, 0.1) is 23.4 Å². The van der Waals surface area contributed by atoms with Gasteiger partial charge in [-0.2, -0.15) is 17.6 Å². The lowest BCUT2D eigenvalue weighted by molar-refractivity contribution is -0.239. The van der Waals surface area contributed by atoms with E-state index in [1.165, 1.54) is 6.08 Å². The minimum Gasteiger partial charge on any atom is -0.429 e. The molecule has 2 aliphatic carbocycles. The summed E-state index contributed by atoms with van der Waals surface area (Å²) in [6.07, 6.45) is -2.94. The van der Waals surface area contributed by atoms with E-state index in [1.807, 2.05) is 6.92 Å². The number of allylic oxidation sites excluding steroid dienone is 1. The van der Waals surface area contributed by atoms with Crippen LogP contribution in [0.1, 0.15) is 58.3 Å². The first kappa shape index (κ1) is 24.6. The summed E-state index contributed by atoms with van der Waals surface area (Å²) in [7, 11) is 0. The molecular weight excluding hydrogens is 441 g/mol. The summed E-state index contributed by atoms with van der Waals surface area (Å²) in [4.78, 5) is 0. The van der Waals surface area contributed by atoms with E-state index in [-0.39, 0.29) is 31.3 Å². The number of hydrogen-bond donors (Lipinski definition) is 0. The lowest BCUT2D eigenvalue weighted by atomic mass is 9.86. The third-order valence-electron chi connectivity index (χ3n) is 5.84. The molecule has 178 valence electrons. The van der Waals surface area contributed by atoms with Crippen LogP contribution in [0.2, 0.25) is 0 Å². The second-order valence-electron chi connectivity index (χ2n) is 8.24. The maximum absolute atomic E-state index is 14.5. The minimum atomic E-state index is -3.94. The zero-order chi connectivity index (χ0) is 23.5. The van der Waals surface area contributed by atoms with Crippen LogP contribution in [-0.4, -0.2) is 18.3 Å². The summed E-state index contributed by atoms with van der Waals surface area (Å²) in [6, 6.07) is 0.621. The zero-order valence-corrected chi connectivity index (χ0v) is 17.6. The number of ether oxygens (including phenoxy) is 2. The molecule has 2 aliphatic rings. The van der Waals surface area contributed by atoms with Crippen molar-refractivity contribution in [2.45, 2.75) is 76.6 Å². The predicted octanol–water partition coefficient (Wildman–Crippen LogP) is 7.69. The largest absolute Gasteiger partial charge is 0.429 e. The number of halogens is 7. The molecule has 0 saturated heterocycles. The van der Waals surface area contributed by atoms with Crippen molar-refractivity contribution in [1.82, 2.24) is 0 Å². The Labute approximate surface area is 182 Å². The van der Waals surface area contributed by atoms with E-state index >= 15 is 0 Å². The molecule has 2 unspecified atom stereocenters.